The zero-order chi connectivity index (χ0) is 17.8. The van der Waals surface area contributed by atoms with E-state index in [1.54, 1.807) is 12.1 Å². The van der Waals surface area contributed by atoms with E-state index in [0.717, 1.165) is 19.3 Å². The minimum Gasteiger partial charge on any atom is -0.480 e. The average Bonchev–Trinajstić information content (AvgIpc) is 2.55. The maximum atomic E-state index is 11.2. The summed E-state index contributed by atoms with van der Waals surface area (Å²) < 4.78 is 0. The summed E-state index contributed by atoms with van der Waals surface area (Å²) in [5.41, 5.74) is 1.22. The minimum absolute atomic E-state index is 0.0633. The lowest BCUT2D eigenvalue weighted by Crippen LogP contribution is -2.14. The zero-order valence-electron chi connectivity index (χ0n) is 14.4. The molecule has 0 saturated heterocycles. The molecule has 0 amide bonds. The molecule has 6 nitrogen and oxygen atoms in total. The number of hydrogen-bond donors (Lipinski definition) is 2. The summed E-state index contributed by atoms with van der Waals surface area (Å²) in [4.78, 5) is 21.5. The van der Waals surface area contributed by atoms with E-state index in [4.69, 9.17) is 5.11 Å². The third-order valence-electron chi connectivity index (χ3n) is 4.06. The third kappa shape index (κ3) is 7.44. The maximum absolute atomic E-state index is 11.2. The molecule has 0 atom stereocenters. The van der Waals surface area contributed by atoms with Crippen molar-refractivity contribution in [3.63, 3.8) is 0 Å². The van der Waals surface area contributed by atoms with Gasteiger partial charge in [0.05, 0.1) is 10.5 Å². The monoisotopic (exact) mass is 336 g/mol. The molecule has 0 spiro atoms. The number of rotatable bonds is 13. The predicted octanol–water partition coefficient (Wildman–Crippen LogP) is 4.77. The fourth-order valence-corrected chi connectivity index (χ4v) is 2.78. The Morgan fingerprint density at radius 1 is 1.12 bits per heavy atom. The summed E-state index contributed by atoms with van der Waals surface area (Å²) in [5, 5.41) is 22.8. The van der Waals surface area contributed by atoms with E-state index in [9.17, 15) is 14.9 Å². The summed E-state index contributed by atoms with van der Waals surface area (Å²) in [5.74, 6) is -0.987. The highest BCUT2D eigenvalue weighted by Gasteiger charge is 2.17. The van der Waals surface area contributed by atoms with Crippen LogP contribution in [-0.4, -0.2) is 22.5 Å². The molecule has 6 heteroatoms. The minimum atomic E-state index is -0.987. The number of nitrogens with zero attached hydrogens (tertiary/aromatic N) is 1. The van der Waals surface area contributed by atoms with Crippen LogP contribution < -0.4 is 5.32 Å². The summed E-state index contributed by atoms with van der Waals surface area (Å²) >= 11 is 0. The third-order valence-corrected chi connectivity index (χ3v) is 4.06. The number of nitro groups is 1. The molecule has 0 aliphatic heterocycles. The van der Waals surface area contributed by atoms with Crippen LogP contribution in [0.5, 0.6) is 0 Å². The number of carboxylic acid groups (broad SMARTS) is 1. The molecule has 24 heavy (non-hydrogen) atoms. The Bertz CT molecular complexity index is 532. The highest BCUT2D eigenvalue weighted by Crippen LogP contribution is 2.28. The van der Waals surface area contributed by atoms with Crippen LogP contribution in [0.4, 0.5) is 11.4 Å². The normalized spacial score (nSPS) is 10.5. The molecular formula is C18H28N2O4. The van der Waals surface area contributed by atoms with Crippen LogP contribution in [0.3, 0.4) is 0 Å². The maximum Gasteiger partial charge on any atom is 0.322 e. The second-order valence-corrected chi connectivity index (χ2v) is 6.03. The van der Waals surface area contributed by atoms with Crippen molar-refractivity contribution in [3.8, 4) is 0 Å². The number of unbranched alkanes of at least 4 members (excludes halogenated alkanes) is 7. The number of hydrogen-bond acceptors (Lipinski definition) is 4. The van der Waals surface area contributed by atoms with Gasteiger partial charge in [0.15, 0.2) is 0 Å². The Balaban J connectivity index is 2.54. The lowest BCUT2D eigenvalue weighted by molar-refractivity contribution is -0.385. The quantitative estimate of drug-likeness (QED) is 0.307. The highest BCUT2D eigenvalue weighted by molar-refractivity contribution is 5.74. The molecule has 0 aromatic heterocycles. The van der Waals surface area contributed by atoms with Gasteiger partial charge in [0.1, 0.15) is 6.54 Å². The summed E-state index contributed by atoms with van der Waals surface area (Å²) in [6.45, 7) is 1.95. The first kappa shape index (κ1) is 19.9. The first-order valence-corrected chi connectivity index (χ1v) is 8.78. The predicted molar refractivity (Wildman–Crippen MR) is 95.5 cm³/mol. The SMILES string of the molecule is CCCCCCCCCCc1c(NCC(=O)O)cccc1[N+](=O)[O-]. The molecule has 0 heterocycles. The lowest BCUT2D eigenvalue weighted by atomic mass is 10.0. The lowest BCUT2D eigenvalue weighted by Gasteiger charge is -2.11. The first-order chi connectivity index (χ1) is 11.6. The number of carboxylic acids is 1. The molecule has 0 saturated carbocycles. The van der Waals surface area contributed by atoms with Gasteiger partial charge in [-0.25, -0.2) is 0 Å². The van der Waals surface area contributed by atoms with E-state index >= 15 is 0 Å². The van der Waals surface area contributed by atoms with Crippen LogP contribution in [0.15, 0.2) is 18.2 Å². The fraction of sp³-hybridized carbons (Fsp3) is 0.611. The van der Waals surface area contributed by atoms with Gasteiger partial charge >= 0.3 is 5.97 Å². The molecule has 0 fully saturated rings. The zero-order valence-corrected chi connectivity index (χ0v) is 14.4. The molecule has 0 unspecified atom stereocenters. The molecule has 0 radical (unpaired) electrons. The second kappa shape index (κ2) is 11.4. The van der Waals surface area contributed by atoms with Crippen molar-refractivity contribution in [3.05, 3.63) is 33.9 Å². The number of carbonyl (C=O) groups is 1. The Hall–Kier alpha value is -2.11. The molecule has 1 rings (SSSR count). The van der Waals surface area contributed by atoms with Gasteiger partial charge in [0.25, 0.3) is 5.69 Å². The second-order valence-electron chi connectivity index (χ2n) is 6.03. The van der Waals surface area contributed by atoms with Crippen molar-refractivity contribution in [2.75, 3.05) is 11.9 Å². The van der Waals surface area contributed by atoms with Crippen molar-refractivity contribution in [1.82, 2.24) is 0 Å². The van der Waals surface area contributed by atoms with Crippen molar-refractivity contribution in [2.24, 2.45) is 0 Å². The fourth-order valence-electron chi connectivity index (χ4n) is 2.78. The Morgan fingerprint density at radius 3 is 2.33 bits per heavy atom. The Kier molecular flexibility index (Phi) is 9.49. The molecule has 134 valence electrons. The Labute approximate surface area is 143 Å². The van der Waals surface area contributed by atoms with Crippen molar-refractivity contribution < 1.29 is 14.8 Å². The van der Waals surface area contributed by atoms with E-state index in [0.29, 0.717) is 17.7 Å². The molecular weight excluding hydrogens is 308 g/mol. The molecule has 0 bridgehead atoms. The van der Waals surface area contributed by atoms with Crippen LogP contribution in [-0.2, 0) is 11.2 Å². The van der Waals surface area contributed by atoms with Gasteiger partial charge in [-0.15, -0.1) is 0 Å². The molecule has 2 N–H and O–H groups in total. The number of anilines is 1. The van der Waals surface area contributed by atoms with Crippen LogP contribution in [0, 0.1) is 10.1 Å². The Morgan fingerprint density at radius 2 is 1.75 bits per heavy atom. The first-order valence-electron chi connectivity index (χ1n) is 8.78. The number of nitro benzene ring substituents is 1. The van der Waals surface area contributed by atoms with E-state index in [2.05, 4.69) is 12.2 Å². The van der Waals surface area contributed by atoms with Crippen LogP contribution in [0.2, 0.25) is 0 Å². The molecule has 1 aromatic carbocycles. The van der Waals surface area contributed by atoms with Crippen molar-refractivity contribution in [1.29, 1.82) is 0 Å². The van der Waals surface area contributed by atoms with Gasteiger partial charge in [-0.2, -0.15) is 0 Å². The van der Waals surface area contributed by atoms with Crippen LogP contribution >= 0.6 is 0 Å². The van der Waals surface area contributed by atoms with E-state index < -0.39 is 10.9 Å². The van der Waals surface area contributed by atoms with Crippen molar-refractivity contribution >= 4 is 17.3 Å². The van der Waals surface area contributed by atoms with E-state index in [1.165, 1.54) is 38.2 Å². The number of nitrogens with one attached hydrogen (secondary N) is 1. The topological polar surface area (TPSA) is 92.5 Å². The van der Waals surface area contributed by atoms with E-state index in [1.807, 2.05) is 0 Å². The van der Waals surface area contributed by atoms with Gasteiger partial charge in [-0.3, -0.25) is 14.9 Å². The van der Waals surface area contributed by atoms with Gasteiger partial charge < -0.3 is 10.4 Å². The average molecular weight is 336 g/mol. The van der Waals surface area contributed by atoms with Gasteiger partial charge in [-0.1, -0.05) is 57.9 Å². The van der Waals surface area contributed by atoms with Gasteiger partial charge in [-0.05, 0) is 18.9 Å². The number of aliphatic carboxylic acids is 1. The summed E-state index contributed by atoms with van der Waals surface area (Å²) in [7, 11) is 0. The number of benzene rings is 1. The van der Waals surface area contributed by atoms with Gasteiger partial charge in [0, 0.05) is 11.8 Å². The summed E-state index contributed by atoms with van der Waals surface area (Å²) in [6.07, 6.45) is 9.92. The molecule has 0 aliphatic rings. The van der Waals surface area contributed by atoms with Crippen molar-refractivity contribution in [2.45, 2.75) is 64.7 Å². The standard InChI is InChI=1S/C18H28N2O4/c1-2-3-4-5-6-7-8-9-11-15-16(19-14-18(21)22)12-10-13-17(15)20(23)24/h10,12-13,19H,2-9,11,14H2,1H3,(H,21,22). The smallest absolute Gasteiger partial charge is 0.322 e. The molecule has 0 aliphatic carbocycles. The largest absolute Gasteiger partial charge is 0.480 e. The van der Waals surface area contributed by atoms with E-state index in [-0.39, 0.29) is 12.2 Å². The highest BCUT2D eigenvalue weighted by atomic mass is 16.6. The van der Waals surface area contributed by atoms with Crippen LogP contribution in [0.25, 0.3) is 0 Å². The van der Waals surface area contributed by atoms with Crippen LogP contribution in [0.1, 0.15) is 63.9 Å². The molecule has 1 aromatic rings. The van der Waals surface area contributed by atoms with Gasteiger partial charge in [0.2, 0.25) is 0 Å². The summed E-state index contributed by atoms with van der Waals surface area (Å²) in [6, 6.07) is 4.77.